The van der Waals surface area contributed by atoms with Gasteiger partial charge in [0.1, 0.15) is 6.54 Å². The standard InChI is InChI=1S/C22H22N4O3/c1-23-21(28)20-16-10-4-5-11-17(16)22(29)26(25-20)13-19(27)24-18-12-6-8-14-7-2-3-9-15(14)18/h2-5,7,9-11,18H,6,8,12-13H2,1H3,(H,23,28)(H,24,27). The molecule has 7 heteroatoms. The lowest BCUT2D eigenvalue weighted by molar-refractivity contribution is -0.122. The summed E-state index contributed by atoms with van der Waals surface area (Å²) in [5, 5.41) is 10.6. The van der Waals surface area contributed by atoms with Crippen molar-refractivity contribution >= 4 is 22.6 Å². The Morgan fingerprint density at radius 3 is 2.62 bits per heavy atom. The molecule has 1 unspecified atom stereocenters. The van der Waals surface area contributed by atoms with E-state index in [2.05, 4.69) is 21.8 Å². The summed E-state index contributed by atoms with van der Waals surface area (Å²) in [5.41, 5.74) is 2.09. The summed E-state index contributed by atoms with van der Waals surface area (Å²) < 4.78 is 1.07. The molecule has 29 heavy (non-hydrogen) atoms. The zero-order chi connectivity index (χ0) is 20.4. The Kier molecular flexibility index (Phi) is 5.12. The highest BCUT2D eigenvalue weighted by Gasteiger charge is 2.22. The highest BCUT2D eigenvalue weighted by Crippen LogP contribution is 2.29. The molecule has 0 fully saturated rings. The molecular weight excluding hydrogens is 368 g/mol. The molecule has 0 bridgehead atoms. The minimum Gasteiger partial charge on any atom is -0.354 e. The van der Waals surface area contributed by atoms with E-state index in [0.29, 0.717) is 10.8 Å². The molecule has 2 aromatic carbocycles. The fourth-order valence-electron chi connectivity index (χ4n) is 3.91. The number of nitrogens with one attached hydrogen (secondary N) is 2. The van der Waals surface area contributed by atoms with E-state index in [1.807, 2.05) is 18.2 Å². The summed E-state index contributed by atoms with van der Waals surface area (Å²) in [5.74, 6) is -0.712. The average Bonchev–Trinajstić information content (AvgIpc) is 2.75. The molecule has 0 aliphatic heterocycles. The fourth-order valence-corrected chi connectivity index (χ4v) is 3.91. The number of aromatic nitrogens is 2. The number of nitrogens with zero attached hydrogens (tertiary/aromatic N) is 2. The van der Waals surface area contributed by atoms with Crippen LogP contribution in [0.4, 0.5) is 0 Å². The van der Waals surface area contributed by atoms with Crippen molar-refractivity contribution in [1.29, 1.82) is 0 Å². The Bertz CT molecular complexity index is 1150. The molecule has 148 valence electrons. The van der Waals surface area contributed by atoms with Crippen LogP contribution in [0.2, 0.25) is 0 Å². The van der Waals surface area contributed by atoms with Crippen LogP contribution in [0.25, 0.3) is 10.8 Å². The second kappa shape index (κ2) is 7.87. The lowest BCUT2D eigenvalue weighted by Crippen LogP contribution is -2.38. The maximum Gasteiger partial charge on any atom is 0.275 e. The Balaban J connectivity index is 1.63. The van der Waals surface area contributed by atoms with E-state index in [9.17, 15) is 14.4 Å². The topological polar surface area (TPSA) is 93.1 Å². The molecule has 2 amide bonds. The highest BCUT2D eigenvalue weighted by molar-refractivity contribution is 6.04. The number of fused-ring (bicyclic) bond motifs is 2. The predicted molar refractivity (Wildman–Crippen MR) is 110 cm³/mol. The Morgan fingerprint density at radius 2 is 1.83 bits per heavy atom. The minimum atomic E-state index is -0.406. The van der Waals surface area contributed by atoms with Gasteiger partial charge in [-0.15, -0.1) is 0 Å². The zero-order valence-corrected chi connectivity index (χ0v) is 16.1. The van der Waals surface area contributed by atoms with Gasteiger partial charge in [-0.05, 0) is 36.5 Å². The molecular formula is C22H22N4O3. The maximum atomic E-state index is 12.8. The molecule has 2 N–H and O–H groups in total. The Hall–Kier alpha value is -3.48. The van der Waals surface area contributed by atoms with E-state index < -0.39 is 11.5 Å². The Morgan fingerprint density at radius 1 is 1.10 bits per heavy atom. The van der Waals surface area contributed by atoms with Gasteiger partial charge in [0.2, 0.25) is 5.91 Å². The number of aryl methyl sites for hydroxylation is 1. The van der Waals surface area contributed by atoms with Crippen molar-refractivity contribution in [2.75, 3.05) is 7.05 Å². The number of carbonyl (C=O) groups excluding carboxylic acids is 2. The average molecular weight is 390 g/mol. The molecule has 1 aromatic heterocycles. The first-order chi connectivity index (χ1) is 14.1. The number of hydrogen-bond acceptors (Lipinski definition) is 4. The summed E-state index contributed by atoms with van der Waals surface area (Å²) >= 11 is 0. The number of carbonyl (C=O) groups is 2. The number of benzene rings is 2. The fraction of sp³-hybridized carbons (Fsp3) is 0.273. The first-order valence-electron chi connectivity index (χ1n) is 9.67. The quantitative estimate of drug-likeness (QED) is 0.712. The van der Waals surface area contributed by atoms with Gasteiger partial charge in [-0.2, -0.15) is 5.10 Å². The van der Waals surface area contributed by atoms with Gasteiger partial charge in [0.25, 0.3) is 11.5 Å². The van der Waals surface area contributed by atoms with Gasteiger partial charge in [-0.1, -0.05) is 42.5 Å². The second-order valence-corrected chi connectivity index (χ2v) is 7.15. The zero-order valence-electron chi connectivity index (χ0n) is 16.1. The van der Waals surface area contributed by atoms with Gasteiger partial charge in [-0.3, -0.25) is 14.4 Å². The molecule has 1 atom stereocenters. The van der Waals surface area contributed by atoms with Crippen molar-refractivity contribution in [3.05, 3.63) is 75.7 Å². The second-order valence-electron chi connectivity index (χ2n) is 7.15. The lowest BCUT2D eigenvalue weighted by Gasteiger charge is -2.26. The van der Waals surface area contributed by atoms with Gasteiger partial charge in [0.05, 0.1) is 11.4 Å². The van der Waals surface area contributed by atoms with Gasteiger partial charge in [0.15, 0.2) is 5.69 Å². The van der Waals surface area contributed by atoms with Crippen molar-refractivity contribution in [2.24, 2.45) is 0 Å². The summed E-state index contributed by atoms with van der Waals surface area (Å²) in [4.78, 5) is 37.8. The predicted octanol–water partition coefficient (Wildman–Crippen LogP) is 1.95. The van der Waals surface area contributed by atoms with E-state index >= 15 is 0 Å². The Labute approximate surface area is 167 Å². The molecule has 0 saturated heterocycles. The molecule has 3 aromatic rings. The van der Waals surface area contributed by atoms with Crippen molar-refractivity contribution < 1.29 is 9.59 Å². The van der Waals surface area contributed by atoms with E-state index in [1.165, 1.54) is 12.6 Å². The number of hydrogen-bond donors (Lipinski definition) is 2. The van der Waals surface area contributed by atoms with Crippen LogP contribution in [0.3, 0.4) is 0 Å². The van der Waals surface area contributed by atoms with Gasteiger partial charge < -0.3 is 10.6 Å². The smallest absolute Gasteiger partial charge is 0.275 e. The van der Waals surface area contributed by atoms with Gasteiger partial charge in [0, 0.05) is 12.4 Å². The maximum absolute atomic E-state index is 12.8. The van der Waals surface area contributed by atoms with Crippen molar-refractivity contribution in [1.82, 2.24) is 20.4 Å². The first kappa shape index (κ1) is 18.9. The highest BCUT2D eigenvalue weighted by atomic mass is 16.2. The van der Waals surface area contributed by atoms with E-state index in [4.69, 9.17) is 0 Å². The van der Waals surface area contributed by atoms with Crippen molar-refractivity contribution in [3.63, 3.8) is 0 Å². The third-order valence-electron chi connectivity index (χ3n) is 5.31. The van der Waals surface area contributed by atoms with Crippen LogP contribution in [0, 0.1) is 0 Å². The van der Waals surface area contributed by atoms with Crippen LogP contribution in [0.5, 0.6) is 0 Å². The summed E-state index contributed by atoms with van der Waals surface area (Å²) in [7, 11) is 1.50. The van der Waals surface area contributed by atoms with Crippen molar-refractivity contribution in [2.45, 2.75) is 31.8 Å². The minimum absolute atomic E-state index is 0.0815. The van der Waals surface area contributed by atoms with Crippen LogP contribution in [0.15, 0.2) is 53.3 Å². The molecule has 7 nitrogen and oxygen atoms in total. The largest absolute Gasteiger partial charge is 0.354 e. The van der Waals surface area contributed by atoms with Crippen LogP contribution >= 0.6 is 0 Å². The number of amides is 2. The van der Waals surface area contributed by atoms with E-state index in [1.54, 1.807) is 24.3 Å². The summed E-state index contributed by atoms with van der Waals surface area (Å²) in [6, 6.07) is 14.8. The number of rotatable bonds is 4. The SMILES string of the molecule is CNC(=O)c1nn(CC(=O)NC2CCCc3ccccc32)c(=O)c2ccccc12. The molecule has 0 spiro atoms. The van der Waals surface area contributed by atoms with Crippen molar-refractivity contribution in [3.8, 4) is 0 Å². The van der Waals surface area contributed by atoms with Crippen LogP contribution in [-0.2, 0) is 17.8 Å². The molecule has 1 aliphatic carbocycles. The molecule has 0 radical (unpaired) electrons. The van der Waals surface area contributed by atoms with Crippen LogP contribution < -0.4 is 16.2 Å². The van der Waals surface area contributed by atoms with Crippen LogP contribution in [0.1, 0.15) is 40.5 Å². The van der Waals surface area contributed by atoms with Gasteiger partial charge in [-0.25, -0.2) is 4.68 Å². The van der Waals surface area contributed by atoms with Gasteiger partial charge >= 0.3 is 0 Å². The van der Waals surface area contributed by atoms with E-state index in [-0.39, 0.29) is 24.2 Å². The normalized spacial score (nSPS) is 15.6. The molecule has 1 heterocycles. The first-order valence-corrected chi connectivity index (χ1v) is 9.67. The summed E-state index contributed by atoms with van der Waals surface area (Å²) in [6.07, 6.45) is 2.85. The lowest BCUT2D eigenvalue weighted by atomic mass is 9.88. The molecule has 0 saturated carbocycles. The molecule has 1 aliphatic rings. The third-order valence-corrected chi connectivity index (χ3v) is 5.31. The summed E-state index contributed by atoms with van der Waals surface area (Å²) in [6.45, 7) is -0.244. The monoisotopic (exact) mass is 390 g/mol. The molecule has 4 rings (SSSR count). The van der Waals surface area contributed by atoms with Crippen LogP contribution in [-0.4, -0.2) is 28.6 Å². The van der Waals surface area contributed by atoms with E-state index in [0.717, 1.165) is 29.5 Å². The third kappa shape index (κ3) is 3.63.